The SMILES string of the molecule is CC1C(=O)CCC(C)C2(O)C=C(C(C)(C)O)C(=O)C12. The fraction of sp³-hybridized carbons (Fsp3) is 0.733. The molecule has 0 aromatic heterocycles. The third-order valence-electron chi connectivity index (χ3n) is 4.70. The smallest absolute Gasteiger partial charge is 0.168 e. The molecule has 0 bridgehead atoms. The number of fused-ring (bicyclic) bond motifs is 1. The van der Waals surface area contributed by atoms with E-state index < -0.39 is 23.0 Å². The maximum atomic E-state index is 12.5. The van der Waals surface area contributed by atoms with Gasteiger partial charge in [0.2, 0.25) is 0 Å². The molecule has 0 amide bonds. The van der Waals surface area contributed by atoms with E-state index >= 15 is 0 Å². The zero-order valence-electron chi connectivity index (χ0n) is 11.9. The first kappa shape index (κ1) is 14.4. The van der Waals surface area contributed by atoms with E-state index in [9.17, 15) is 19.8 Å². The van der Waals surface area contributed by atoms with Crippen LogP contribution in [0.15, 0.2) is 11.6 Å². The number of ketones is 2. The van der Waals surface area contributed by atoms with Gasteiger partial charge in [-0.2, -0.15) is 0 Å². The molecule has 106 valence electrons. The van der Waals surface area contributed by atoms with Crippen LogP contribution in [-0.2, 0) is 9.59 Å². The fourth-order valence-electron chi connectivity index (χ4n) is 3.33. The highest BCUT2D eigenvalue weighted by atomic mass is 16.3. The number of hydrogen-bond donors (Lipinski definition) is 2. The van der Waals surface area contributed by atoms with Gasteiger partial charge in [0.15, 0.2) is 5.78 Å². The van der Waals surface area contributed by atoms with Gasteiger partial charge in [0.05, 0.1) is 17.1 Å². The van der Waals surface area contributed by atoms with Crippen molar-refractivity contribution in [2.45, 2.75) is 51.7 Å². The molecule has 4 atom stereocenters. The highest BCUT2D eigenvalue weighted by Crippen LogP contribution is 2.47. The fourth-order valence-corrected chi connectivity index (χ4v) is 3.33. The van der Waals surface area contributed by atoms with Crippen molar-refractivity contribution < 1.29 is 19.8 Å². The van der Waals surface area contributed by atoms with E-state index in [-0.39, 0.29) is 23.1 Å². The molecule has 4 nitrogen and oxygen atoms in total. The molecule has 2 N–H and O–H groups in total. The maximum Gasteiger partial charge on any atom is 0.168 e. The molecule has 0 aromatic carbocycles. The average Bonchev–Trinajstić information content (AvgIpc) is 2.53. The quantitative estimate of drug-likeness (QED) is 0.749. The molecule has 1 fully saturated rings. The van der Waals surface area contributed by atoms with E-state index in [1.807, 2.05) is 6.92 Å². The van der Waals surface area contributed by atoms with E-state index in [1.165, 1.54) is 19.9 Å². The van der Waals surface area contributed by atoms with Gasteiger partial charge in [-0.05, 0) is 32.3 Å². The van der Waals surface area contributed by atoms with Crippen LogP contribution in [0.4, 0.5) is 0 Å². The molecule has 1 saturated carbocycles. The monoisotopic (exact) mass is 266 g/mol. The predicted octanol–water partition coefficient (Wildman–Crippen LogP) is 1.25. The van der Waals surface area contributed by atoms with Gasteiger partial charge in [-0.15, -0.1) is 0 Å². The molecule has 4 unspecified atom stereocenters. The number of carbonyl (C=O) groups is 2. The summed E-state index contributed by atoms with van der Waals surface area (Å²) < 4.78 is 0. The van der Waals surface area contributed by atoms with Crippen LogP contribution in [0, 0.1) is 17.8 Å². The minimum Gasteiger partial charge on any atom is -0.386 e. The Morgan fingerprint density at radius 1 is 1.32 bits per heavy atom. The molecular formula is C15H22O4. The normalized spacial score (nSPS) is 39.9. The minimum atomic E-state index is -1.31. The number of aliphatic hydroxyl groups is 2. The highest BCUT2D eigenvalue weighted by molar-refractivity contribution is 6.05. The van der Waals surface area contributed by atoms with Crippen LogP contribution < -0.4 is 0 Å². The minimum absolute atomic E-state index is 0.0199. The van der Waals surface area contributed by atoms with E-state index in [0.717, 1.165) is 0 Å². The first-order chi connectivity index (χ1) is 8.59. The Hall–Kier alpha value is -1.00. The lowest BCUT2D eigenvalue weighted by Crippen LogP contribution is -2.45. The van der Waals surface area contributed by atoms with Crippen molar-refractivity contribution in [3.8, 4) is 0 Å². The summed E-state index contributed by atoms with van der Waals surface area (Å²) >= 11 is 0. The van der Waals surface area contributed by atoms with Gasteiger partial charge >= 0.3 is 0 Å². The van der Waals surface area contributed by atoms with Crippen molar-refractivity contribution >= 4 is 11.6 Å². The van der Waals surface area contributed by atoms with Gasteiger partial charge in [-0.1, -0.05) is 13.8 Å². The molecule has 0 aliphatic heterocycles. The topological polar surface area (TPSA) is 74.6 Å². The maximum absolute atomic E-state index is 12.5. The molecule has 0 aromatic rings. The van der Waals surface area contributed by atoms with Crippen molar-refractivity contribution in [1.29, 1.82) is 0 Å². The van der Waals surface area contributed by atoms with Gasteiger partial charge in [0.25, 0.3) is 0 Å². The Bertz CT molecular complexity index is 457. The Kier molecular flexibility index (Phi) is 3.22. The standard InChI is InChI=1S/C15H22O4/c1-8-5-6-11(16)9(2)12-13(17)10(14(3,4)18)7-15(8,12)19/h7-9,12,18-19H,5-6H2,1-4H3. The second kappa shape index (κ2) is 4.25. The number of Topliss-reactive ketones (excluding diaryl/α,β-unsaturated/α-hetero) is 2. The molecule has 0 heterocycles. The molecule has 0 spiro atoms. The summed E-state index contributed by atoms with van der Waals surface area (Å²) in [6.07, 6.45) is 2.47. The zero-order chi connectivity index (χ0) is 14.6. The van der Waals surface area contributed by atoms with E-state index in [2.05, 4.69) is 0 Å². The van der Waals surface area contributed by atoms with Crippen LogP contribution in [0.5, 0.6) is 0 Å². The van der Waals surface area contributed by atoms with Crippen molar-refractivity contribution in [2.24, 2.45) is 17.8 Å². The molecule has 2 aliphatic carbocycles. The molecular weight excluding hydrogens is 244 g/mol. The van der Waals surface area contributed by atoms with Gasteiger partial charge < -0.3 is 10.2 Å². The molecule has 4 heteroatoms. The van der Waals surface area contributed by atoms with Gasteiger partial charge in [-0.25, -0.2) is 0 Å². The van der Waals surface area contributed by atoms with Crippen LogP contribution in [-0.4, -0.2) is 33.0 Å². The average molecular weight is 266 g/mol. The lowest BCUT2D eigenvalue weighted by atomic mass is 9.74. The summed E-state index contributed by atoms with van der Waals surface area (Å²) in [6.45, 7) is 6.62. The van der Waals surface area contributed by atoms with Crippen LogP contribution >= 0.6 is 0 Å². The van der Waals surface area contributed by atoms with Crippen molar-refractivity contribution in [3.63, 3.8) is 0 Å². The molecule has 2 rings (SSSR count). The Balaban J connectivity index is 2.54. The summed E-state index contributed by atoms with van der Waals surface area (Å²) in [7, 11) is 0. The summed E-state index contributed by atoms with van der Waals surface area (Å²) in [6, 6.07) is 0. The molecule has 0 radical (unpaired) electrons. The molecule has 19 heavy (non-hydrogen) atoms. The largest absolute Gasteiger partial charge is 0.386 e. The highest BCUT2D eigenvalue weighted by Gasteiger charge is 2.56. The Morgan fingerprint density at radius 3 is 2.42 bits per heavy atom. The number of carbonyl (C=O) groups excluding carboxylic acids is 2. The number of rotatable bonds is 1. The lowest BCUT2D eigenvalue weighted by molar-refractivity contribution is -0.135. The number of hydrogen-bond acceptors (Lipinski definition) is 4. The second-order valence-electron chi connectivity index (χ2n) is 6.54. The summed E-state index contributed by atoms with van der Waals surface area (Å²) in [5, 5.41) is 21.0. The van der Waals surface area contributed by atoms with Gasteiger partial charge in [0.1, 0.15) is 5.78 Å². The van der Waals surface area contributed by atoms with Crippen molar-refractivity contribution in [3.05, 3.63) is 11.6 Å². The van der Waals surface area contributed by atoms with Crippen molar-refractivity contribution in [2.75, 3.05) is 0 Å². The Morgan fingerprint density at radius 2 is 1.89 bits per heavy atom. The lowest BCUT2D eigenvalue weighted by Gasteiger charge is -2.33. The van der Waals surface area contributed by atoms with Crippen LogP contribution in [0.2, 0.25) is 0 Å². The first-order valence-electron chi connectivity index (χ1n) is 6.84. The Labute approximate surface area is 113 Å². The van der Waals surface area contributed by atoms with E-state index in [0.29, 0.717) is 12.8 Å². The van der Waals surface area contributed by atoms with E-state index in [1.54, 1.807) is 6.92 Å². The summed E-state index contributed by atoms with van der Waals surface area (Å²) in [5.74, 6) is -1.69. The van der Waals surface area contributed by atoms with E-state index in [4.69, 9.17) is 0 Å². The van der Waals surface area contributed by atoms with Gasteiger partial charge in [-0.3, -0.25) is 9.59 Å². The van der Waals surface area contributed by atoms with Crippen molar-refractivity contribution in [1.82, 2.24) is 0 Å². The predicted molar refractivity (Wildman–Crippen MR) is 70.4 cm³/mol. The summed E-state index contributed by atoms with van der Waals surface area (Å²) in [4.78, 5) is 24.5. The summed E-state index contributed by atoms with van der Waals surface area (Å²) in [5.41, 5.74) is -2.37. The van der Waals surface area contributed by atoms with Crippen LogP contribution in [0.1, 0.15) is 40.5 Å². The second-order valence-corrected chi connectivity index (χ2v) is 6.54. The zero-order valence-corrected chi connectivity index (χ0v) is 11.9. The third kappa shape index (κ3) is 2.07. The van der Waals surface area contributed by atoms with Crippen LogP contribution in [0.25, 0.3) is 0 Å². The van der Waals surface area contributed by atoms with Gasteiger partial charge in [0, 0.05) is 17.9 Å². The molecule has 0 saturated heterocycles. The molecule has 2 aliphatic rings. The first-order valence-corrected chi connectivity index (χ1v) is 6.84. The third-order valence-corrected chi connectivity index (χ3v) is 4.70. The van der Waals surface area contributed by atoms with Crippen LogP contribution in [0.3, 0.4) is 0 Å².